The second-order valence-electron chi connectivity index (χ2n) is 2.99. The van der Waals surface area contributed by atoms with Crippen molar-refractivity contribution in [3.05, 3.63) is 26.7 Å². The normalized spacial score (nSPS) is 12.3. The van der Waals surface area contributed by atoms with Crippen LogP contribution in [0.25, 0.3) is 0 Å². The first kappa shape index (κ1) is 12.6. The lowest BCUT2D eigenvalue weighted by Gasteiger charge is -2.14. The fraction of sp³-hybridized carbons (Fsp3) is 0.222. The highest BCUT2D eigenvalue weighted by Crippen LogP contribution is 2.35. The number of carbonyl (C=O) groups is 1. The Morgan fingerprint density at radius 2 is 2.07 bits per heavy atom. The second kappa shape index (κ2) is 5.05. The van der Waals surface area contributed by atoms with E-state index >= 15 is 0 Å². The summed E-state index contributed by atoms with van der Waals surface area (Å²) in [4.78, 5) is 10.8. The van der Waals surface area contributed by atoms with Crippen LogP contribution in [0.3, 0.4) is 0 Å². The Labute approximate surface area is 106 Å². The van der Waals surface area contributed by atoms with Crippen LogP contribution in [-0.4, -0.2) is 11.9 Å². The predicted molar refractivity (Wildman–Crippen MR) is 66.4 cm³/mol. The second-order valence-corrected chi connectivity index (χ2v) is 4.60. The average Bonchev–Trinajstić information content (AvgIpc) is 2.18. The number of nitrogens with two attached hydrogens (primary N) is 1. The van der Waals surface area contributed by atoms with Crippen molar-refractivity contribution in [3.63, 3.8) is 0 Å². The molecule has 0 aliphatic rings. The highest BCUT2D eigenvalue weighted by molar-refractivity contribution is 9.10. The number of rotatable bonds is 3. The third kappa shape index (κ3) is 3.00. The predicted octanol–water partition coefficient (Wildman–Crippen LogP) is 3.04. The van der Waals surface area contributed by atoms with Crippen LogP contribution < -0.4 is 11.1 Å². The van der Waals surface area contributed by atoms with Crippen LogP contribution >= 0.6 is 39.1 Å². The molecule has 0 aliphatic carbocycles. The molecule has 0 aliphatic heterocycles. The van der Waals surface area contributed by atoms with E-state index in [1.807, 2.05) is 0 Å². The molecule has 0 spiro atoms. The smallest absolute Gasteiger partial charge is 0.239 e. The number of primary amides is 1. The average molecular weight is 312 g/mol. The SMILES string of the molecule is CC(Nc1ccc(Br)c(Cl)c1Cl)C(N)=O. The van der Waals surface area contributed by atoms with Crippen LogP contribution in [-0.2, 0) is 4.79 Å². The molecule has 0 bridgehead atoms. The van der Waals surface area contributed by atoms with Crippen molar-refractivity contribution >= 4 is 50.7 Å². The Hall–Kier alpha value is -0.450. The van der Waals surface area contributed by atoms with Crippen molar-refractivity contribution in [2.24, 2.45) is 5.73 Å². The fourth-order valence-corrected chi connectivity index (χ4v) is 1.77. The summed E-state index contributed by atoms with van der Waals surface area (Å²) in [5.41, 5.74) is 5.69. The van der Waals surface area contributed by atoms with Gasteiger partial charge in [0.05, 0.1) is 15.7 Å². The number of benzene rings is 1. The van der Waals surface area contributed by atoms with Crippen LogP contribution in [0.4, 0.5) is 5.69 Å². The zero-order chi connectivity index (χ0) is 11.6. The van der Waals surface area contributed by atoms with E-state index in [1.165, 1.54) is 0 Å². The molecule has 3 nitrogen and oxygen atoms in total. The Balaban J connectivity index is 2.97. The molecule has 0 heterocycles. The lowest BCUT2D eigenvalue weighted by atomic mass is 10.2. The first-order valence-electron chi connectivity index (χ1n) is 4.13. The quantitative estimate of drug-likeness (QED) is 0.843. The van der Waals surface area contributed by atoms with Crippen molar-refractivity contribution in [2.45, 2.75) is 13.0 Å². The summed E-state index contributed by atoms with van der Waals surface area (Å²) in [5, 5.41) is 3.63. The summed E-state index contributed by atoms with van der Waals surface area (Å²) in [5.74, 6) is -0.454. The zero-order valence-corrected chi connectivity index (χ0v) is 10.9. The molecule has 1 atom stereocenters. The molecule has 6 heteroatoms. The Morgan fingerprint density at radius 3 is 2.60 bits per heavy atom. The monoisotopic (exact) mass is 310 g/mol. The molecule has 1 aromatic rings. The first-order chi connectivity index (χ1) is 6.93. The van der Waals surface area contributed by atoms with Gasteiger partial charge in [-0.1, -0.05) is 23.2 Å². The standard InChI is InChI=1S/C9H9BrCl2N2O/c1-4(9(13)15)14-6-3-2-5(10)7(11)8(6)12/h2-4,14H,1H3,(H2,13,15). The molecule has 0 fully saturated rings. The van der Waals surface area contributed by atoms with Crippen molar-refractivity contribution in [1.29, 1.82) is 0 Å². The van der Waals surface area contributed by atoms with Crippen LogP contribution in [0.15, 0.2) is 16.6 Å². The lowest BCUT2D eigenvalue weighted by Crippen LogP contribution is -2.32. The Morgan fingerprint density at radius 1 is 1.47 bits per heavy atom. The van der Waals surface area contributed by atoms with E-state index in [2.05, 4.69) is 21.2 Å². The molecular formula is C9H9BrCl2N2O. The summed E-state index contributed by atoms with van der Waals surface area (Å²) in [7, 11) is 0. The molecule has 1 amide bonds. The zero-order valence-electron chi connectivity index (χ0n) is 7.85. The highest BCUT2D eigenvalue weighted by atomic mass is 79.9. The summed E-state index contributed by atoms with van der Waals surface area (Å²) < 4.78 is 0.700. The maximum Gasteiger partial charge on any atom is 0.239 e. The van der Waals surface area contributed by atoms with Crippen LogP contribution in [0.5, 0.6) is 0 Å². The van der Waals surface area contributed by atoms with Gasteiger partial charge in [-0.15, -0.1) is 0 Å². The number of halogens is 3. The topological polar surface area (TPSA) is 55.1 Å². The molecule has 0 aromatic heterocycles. The number of nitrogens with one attached hydrogen (secondary N) is 1. The van der Waals surface area contributed by atoms with E-state index in [0.717, 1.165) is 0 Å². The van der Waals surface area contributed by atoms with Gasteiger partial charge < -0.3 is 11.1 Å². The van der Waals surface area contributed by atoms with Gasteiger partial charge in [0.1, 0.15) is 6.04 Å². The Kier molecular flexibility index (Phi) is 4.25. The van der Waals surface area contributed by atoms with Gasteiger partial charge in [-0.25, -0.2) is 0 Å². The summed E-state index contributed by atoms with van der Waals surface area (Å²) in [6.07, 6.45) is 0. The third-order valence-electron chi connectivity index (χ3n) is 1.83. The van der Waals surface area contributed by atoms with Crippen LogP contribution in [0.1, 0.15) is 6.92 Å². The maximum absolute atomic E-state index is 10.8. The summed E-state index contributed by atoms with van der Waals surface area (Å²) >= 11 is 15.1. The van der Waals surface area contributed by atoms with E-state index in [-0.39, 0.29) is 0 Å². The summed E-state index contributed by atoms with van der Waals surface area (Å²) in [6, 6.07) is 2.96. The van der Waals surface area contributed by atoms with Gasteiger partial charge in [-0.2, -0.15) is 0 Å². The molecule has 15 heavy (non-hydrogen) atoms. The number of amides is 1. The summed E-state index contributed by atoms with van der Waals surface area (Å²) in [6.45, 7) is 1.65. The highest BCUT2D eigenvalue weighted by Gasteiger charge is 2.13. The van der Waals surface area contributed by atoms with Crippen molar-refractivity contribution in [1.82, 2.24) is 0 Å². The van der Waals surface area contributed by atoms with E-state index in [0.29, 0.717) is 20.2 Å². The van der Waals surface area contributed by atoms with E-state index in [4.69, 9.17) is 28.9 Å². The molecule has 0 saturated carbocycles. The van der Waals surface area contributed by atoms with Gasteiger partial charge in [-0.3, -0.25) is 4.79 Å². The van der Waals surface area contributed by atoms with Crippen LogP contribution in [0.2, 0.25) is 10.0 Å². The van der Waals surface area contributed by atoms with Crippen molar-refractivity contribution in [2.75, 3.05) is 5.32 Å². The lowest BCUT2D eigenvalue weighted by molar-refractivity contribution is -0.118. The minimum atomic E-state index is -0.500. The van der Waals surface area contributed by atoms with Gasteiger partial charge in [0.15, 0.2) is 0 Å². The van der Waals surface area contributed by atoms with Gasteiger partial charge in [-0.05, 0) is 35.0 Å². The molecule has 1 aromatic carbocycles. The number of carbonyl (C=O) groups excluding carboxylic acids is 1. The van der Waals surface area contributed by atoms with Crippen molar-refractivity contribution < 1.29 is 4.79 Å². The molecule has 1 unspecified atom stereocenters. The van der Waals surface area contributed by atoms with Gasteiger partial charge in [0, 0.05) is 4.47 Å². The number of hydrogen-bond donors (Lipinski definition) is 2. The molecule has 0 saturated heterocycles. The van der Waals surface area contributed by atoms with Gasteiger partial charge >= 0.3 is 0 Å². The van der Waals surface area contributed by atoms with Crippen LogP contribution in [0, 0.1) is 0 Å². The van der Waals surface area contributed by atoms with E-state index in [1.54, 1.807) is 19.1 Å². The van der Waals surface area contributed by atoms with Crippen molar-refractivity contribution in [3.8, 4) is 0 Å². The van der Waals surface area contributed by atoms with Gasteiger partial charge in [0.2, 0.25) is 5.91 Å². The Bertz CT molecular complexity index is 398. The van der Waals surface area contributed by atoms with Gasteiger partial charge in [0.25, 0.3) is 0 Å². The molecule has 0 radical (unpaired) electrons. The molecule has 82 valence electrons. The third-order valence-corrected chi connectivity index (χ3v) is 3.60. The van der Waals surface area contributed by atoms with E-state index in [9.17, 15) is 4.79 Å². The number of hydrogen-bond acceptors (Lipinski definition) is 2. The largest absolute Gasteiger partial charge is 0.373 e. The fourth-order valence-electron chi connectivity index (χ4n) is 0.942. The molecule has 3 N–H and O–H groups in total. The molecular weight excluding hydrogens is 303 g/mol. The maximum atomic E-state index is 10.8. The molecule has 1 rings (SSSR count). The minimum Gasteiger partial charge on any atom is -0.373 e. The minimum absolute atomic E-state index is 0.360. The number of anilines is 1. The first-order valence-corrected chi connectivity index (χ1v) is 5.67. The van der Waals surface area contributed by atoms with E-state index < -0.39 is 11.9 Å².